The first-order valence-corrected chi connectivity index (χ1v) is 9.26. The van der Waals surface area contributed by atoms with Crippen molar-refractivity contribution >= 4 is 27.3 Å². The smallest absolute Gasteiger partial charge is 0.270 e. The topological polar surface area (TPSA) is 105 Å². The molecule has 9 heteroatoms. The summed E-state index contributed by atoms with van der Waals surface area (Å²) < 4.78 is 24.4. The molecular formula is C12H22N4O3S2. The molecule has 1 heterocycles. The predicted octanol–water partition coefficient (Wildman–Crippen LogP) is 0.0457. The van der Waals surface area contributed by atoms with E-state index in [0.29, 0.717) is 38.2 Å². The maximum Gasteiger partial charge on any atom is 0.270 e. The van der Waals surface area contributed by atoms with Crippen LogP contribution in [0.5, 0.6) is 0 Å². The summed E-state index contributed by atoms with van der Waals surface area (Å²) in [6, 6.07) is 0. The molecule has 0 unspecified atom stereocenters. The van der Waals surface area contributed by atoms with E-state index in [4.69, 9.17) is 5.73 Å². The van der Waals surface area contributed by atoms with Crippen LogP contribution in [0, 0.1) is 0 Å². The molecule has 0 aliphatic carbocycles. The number of carbonyl (C=O) groups is 1. The van der Waals surface area contributed by atoms with Gasteiger partial charge in [-0.05, 0) is 19.9 Å². The average Bonchev–Trinajstić information content (AvgIpc) is 2.92. The van der Waals surface area contributed by atoms with Crippen molar-refractivity contribution in [2.24, 2.45) is 5.73 Å². The maximum atomic E-state index is 11.8. The molecule has 1 aromatic heterocycles. The fourth-order valence-corrected chi connectivity index (χ4v) is 3.25. The molecule has 0 saturated carbocycles. The van der Waals surface area contributed by atoms with Gasteiger partial charge in [0.2, 0.25) is 10.0 Å². The molecule has 1 amide bonds. The Bertz CT molecular complexity index is 557. The van der Waals surface area contributed by atoms with Crippen LogP contribution in [0.3, 0.4) is 0 Å². The lowest BCUT2D eigenvalue weighted by Gasteiger charge is -2.15. The fraction of sp³-hybridized carbons (Fsp3) is 0.667. The molecule has 0 bridgehead atoms. The molecule has 0 aromatic carbocycles. The SMILES string of the molecule is CCS(=O)(=O)N(C)CCCNC(=O)c1csc(CCN)n1. The minimum Gasteiger partial charge on any atom is -0.351 e. The number of nitrogens with two attached hydrogens (primary N) is 1. The van der Waals surface area contributed by atoms with Crippen LogP contribution in [0.15, 0.2) is 5.38 Å². The highest BCUT2D eigenvalue weighted by atomic mass is 32.2. The minimum absolute atomic E-state index is 0.0819. The summed E-state index contributed by atoms with van der Waals surface area (Å²) in [5.41, 5.74) is 5.82. The Balaban J connectivity index is 2.33. The predicted molar refractivity (Wildman–Crippen MR) is 83.9 cm³/mol. The van der Waals surface area contributed by atoms with Crippen molar-refractivity contribution in [1.82, 2.24) is 14.6 Å². The zero-order chi connectivity index (χ0) is 15.9. The Hall–Kier alpha value is -1.03. The fourth-order valence-electron chi connectivity index (χ4n) is 1.61. The summed E-state index contributed by atoms with van der Waals surface area (Å²) in [5.74, 6) is -0.158. The van der Waals surface area contributed by atoms with Gasteiger partial charge in [-0.15, -0.1) is 11.3 Å². The van der Waals surface area contributed by atoms with E-state index in [2.05, 4.69) is 10.3 Å². The molecule has 3 N–H and O–H groups in total. The third kappa shape index (κ3) is 5.70. The highest BCUT2D eigenvalue weighted by molar-refractivity contribution is 7.89. The van der Waals surface area contributed by atoms with Crippen molar-refractivity contribution in [3.63, 3.8) is 0 Å². The van der Waals surface area contributed by atoms with E-state index in [0.717, 1.165) is 5.01 Å². The Labute approximate surface area is 129 Å². The van der Waals surface area contributed by atoms with Crippen LogP contribution >= 0.6 is 11.3 Å². The Morgan fingerprint density at radius 3 is 2.86 bits per heavy atom. The monoisotopic (exact) mass is 334 g/mol. The van der Waals surface area contributed by atoms with Crippen molar-refractivity contribution in [3.8, 4) is 0 Å². The molecule has 1 aromatic rings. The van der Waals surface area contributed by atoms with Gasteiger partial charge in [-0.1, -0.05) is 0 Å². The van der Waals surface area contributed by atoms with Crippen molar-refractivity contribution < 1.29 is 13.2 Å². The molecule has 0 radical (unpaired) electrons. The molecule has 0 saturated heterocycles. The highest BCUT2D eigenvalue weighted by Crippen LogP contribution is 2.09. The second-order valence-electron chi connectivity index (χ2n) is 4.50. The molecule has 0 spiro atoms. The lowest BCUT2D eigenvalue weighted by atomic mass is 10.4. The van der Waals surface area contributed by atoms with Gasteiger partial charge < -0.3 is 11.1 Å². The number of hydrogen-bond donors (Lipinski definition) is 2. The van der Waals surface area contributed by atoms with E-state index in [9.17, 15) is 13.2 Å². The Morgan fingerprint density at radius 2 is 2.24 bits per heavy atom. The second kappa shape index (κ2) is 8.42. The number of sulfonamides is 1. The van der Waals surface area contributed by atoms with E-state index in [-0.39, 0.29) is 11.7 Å². The molecule has 120 valence electrons. The van der Waals surface area contributed by atoms with E-state index < -0.39 is 10.0 Å². The van der Waals surface area contributed by atoms with Gasteiger partial charge in [-0.3, -0.25) is 4.79 Å². The quantitative estimate of drug-likeness (QED) is 0.621. The van der Waals surface area contributed by atoms with Gasteiger partial charge in [0.15, 0.2) is 0 Å². The number of aromatic nitrogens is 1. The van der Waals surface area contributed by atoms with E-state index in [1.54, 1.807) is 19.4 Å². The Morgan fingerprint density at radius 1 is 1.52 bits per heavy atom. The third-order valence-electron chi connectivity index (χ3n) is 2.92. The molecular weight excluding hydrogens is 312 g/mol. The number of rotatable bonds is 9. The van der Waals surface area contributed by atoms with Gasteiger partial charge >= 0.3 is 0 Å². The summed E-state index contributed by atoms with van der Waals surface area (Å²) >= 11 is 1.41. The van der Waals surface area contributed by atoms with Gasteiger partial charge in [0, 0.05) is 31.9 Å². The molecule has 0 aliphatic heterocycles. The van der Waals surface area contributed by atoms with Gasteiger partial charge in [-0.25, -0.2) is 17.7 Å². The van der Waals surface area contributed by atoms with Crippen LogP contribution in [0.4, 0.5) is 0 Å². The van der Waals surface area contributed by atoms with Gasteiger partial charge in [0.05, 0.1) is 10.8 Å². The first-order chi connectivity index (χ1) is 9.90. The highest BCUT2D eigenvalue weighted by Gasteiger charge is 2.14. The third-order valence-corrected chi connectivity index (χ3v) is 5.69. The van der Waals surface area contributed by atoms with Crippen molar-refractivity contribution in [2.45, 2.75) is 19.8 Å². The van der Waals surface area contributed by atoms with Crippen molar-refractivity contribution in [2.75, 3.05) is 32.4 Å². The van der Waals surface area contributed by atoms with Crippen LogP contribution in [-0.2, 0) is 16.4 Å². The van der Waals surface area contributed by atoms with Crippen LogP contribution in [0.1, 0.15) is 28.8 Å². The molecule has 7 nitrogen and oxygen atoms in total. The standard InChI is InChI=1S/C12H22N4O3S2/c1-3-21(18,19)16(2)8-4-7-14-12(17)10-9-20-11(15-10)5-6-13/h9H,3-8,13H2,1-2H3,(H,14,17). The molecule has 0 fully saturated rings. The maximum absolute atomic E-state index is 11.8. The summed E-state index contributed by atoms with van der Waals surface area (Å²) in [7, 11) is -1.61. The Kier molecular flexibility index (Phi) is 7.23. The molecule has 1 rings (SSSR count). The van der Waals surface area contributed by atoms with Gasteiger partial charge in [-0.2, -0.15) is 0 Å². The average molecular weight is 334 g/mol. The second-order valence-corrected chi connectivity index (χ2v) is 7.80. The summed E-state index contributed by atoms with van der Waals surface area (Å²) in [4.78, 5) is 16.0. The van der Waals surface area contributed by atoms with E-state index >= 15 is 0 Å². The largest absolute Gasteiger partial charge is 0.351 e. The first-order valence-electron chi connectivity index (χ1n) is 6.77. The van der Waals surface area contributed by atoms with Gasteiger partial charge in [0.1, 0.15) is 5.69 Å². The molecule has 21 heavy (non-hydrogen) atoms. The number of nitrogens with zero attached hydrogens (tertiary/aromatic N) is 2. The lowest BCUT2D eigenvalue weighted by Crippen LogP contribution is -2.32. The minimum atomic E-state index is -3.16. The van der Waals surface area contributed by atoms with Crippen molar-refractivity contribution in [1.29, 1.82) is 0 Å². The molecule has 0 atom stereocenters. The van der Waals surface area contributed by atoms with Crippen LogP contribution in [0.25, 0.3) is 0 Å². The summed E-state index contributed by atoms with van der Waals surface area (Å²) in [6.45, 7) is 2.90. The summed E-state index contributed by atoms with van der Waals surface area (Å²) in [5, 5.41) is 5.28. The number of carbonyl (C=O) groups excluding carboxylic acids is 1. The zero-order valence-electron chi connectivity index (χ0n) is 12.3. The van der Waals surface area contributed by atoms with Crippen LogP contribution < -0.4 is 11.1 Å². The number of amides is 1. The number of thiazole rings is 1. The molecule has 0 aliphatic rings. The van der Waals surface area contributed by atoms with Crippen LogP contribution in [0.2, 0.25) is 0 Å². The lowest BCUT2D eigenvalue weighted by molar-refractivity contribution is 0.0948. The van der Waals surface area contributed by atoms with E-state index in [1.165, 1.54) is 15.6 Å². The zero-order valence-corrected chi connectivity index (χ0v) is 14.0. The van der Waals surface area contributed by atoms with E-state index in [1.807, 2.05) is 0 Å². The number of nitrogens with one attached hydrogen (secondary N) is 1. The normalized spacial score (nSPS) is 11.8. The van der Waals surface area contributed by atoms with Crippen molar-refractivity contribution in [3.05, 3.63) is 16.1 Å². The van der Waals surface area contributed by atoms with Crippen LogP contribution in [-0.4, -0.2) is 56.0 Å². The number of hydrogen-bond acceptors (Lipinski definition) is 6. The summed E-state index contributed by atoms with van der Waals surface area (Å²) in [6.07, 6.45) is 1.22. The van der Waals surface area contributed by atoms with Gasteiger partial charge in [0.25, 0.3) is 5.91 Å². The first kappa shape index (κ1) is 18.0.